The molecule has 0 N–H and O–H groups in total. The van der Waals surface area contributed by atoms with Crippen LogP contribution in [-0.4, -0.2) is 44.8 Å². The van der Waals surface area contributed by atoms with Gasteiger partial charge >= 0.3 is 7.12 Å². The topological polar surface area (TPSA) is 55.8 Å². The smallest absolute Gasteiger partial charge is 0.400 e. The molecule has 3 rings (SSSR count). The molecular weight excluding hydrogens is 369 g/mol. The van der Waals surface area contributed by atoms with Gasteiger partial charge in [0.1, 0.15) is 0 Å². The van der Waals surface area contributed by atoms with Crippen LogP contribution in [0.2, 0.25) is 0 Å². The summed E-state index contributed by atoms with van der Waals surface area (Å²) < 4.78 is 38.0. The van der Waals surface area contributed by atoms with Gasteiger partial charge in [0.05, 0.1) is 22.6 Å². The summed E-state index contributed by atoms with van der Waals surface area (Å²) in [4.78, 5) is 0. The molecule has 1 aromatic carbocycles. The largest absolute Gasteiger partial charge is 0.491 e. The van der Waals surface area contributed by atoms with Crippen LogP contribution in [0, 0.1) is 0 Å². The number of thiol groups is 1. The Bertz CT molecular complexity index is 804. The SMILES string of the molecule is CC1(C)OB(C(=Cc2cccc(N3CCCS3(=O)=O)c2)CS)OC1(C)C. The molecule has 2 fully saturated rings. The zero-order valence-electron chi connectivity index (χ0n) is 15.7. The second-order valence-corrected chi connectivity index (χ2v) is 10.1. The summed E-state index contributed by atoms with van der Waals surface area (Å²) in [6, 6.07) is 7.53. The first-order valence-electron chi connectivity index (χ1n) is 8.83. The normalized spacial score (nSPS) is 24.3. The van der Waals surface area contributed by atoms with Crippen LogP contribution in [0.15, 0.2) is 29.7 Å². The number of sulfonamides is 1. The number of hydrogen-bond acceptors (Lipinski definition) is 5. The van der Waals surface area contributed by atoms with E-state index in [1.54, 1.807) is 0 Å². The fraction of sp³-hybridized carbons (Fsp3) is 0.556. The van der Waals surface area contributed by atoms with Crippen LogP contribution in [0.5, 0.6) is 0 Å². The van der Waals surface area contributed by atoms with Crippen molar-refractivity contribution < 1.29 is 17.7 Å². The van der Waals surface area contributed by atoms with Crippen molar-refractivity contribution in [1.29, 1.82) is 0 Å². The van der Waals surface area contributed by atoms with E-state index in [0.29, 0.717) is 24.4 Å². The molecule has 0 aliphatic carbocycles. The van der Waals surface area contributed by atoms with Gasteiger partial charge in [0.2, 0.25) is 10.0 Å². The van der Waals surface area contributed by atoms with Crippen molar-refractivity contribution in [2.45, 2.75) is 45.3 Å². The van der Waals surface area contributed by atoms with Crippen LogP contribution in [-0.2, 0) is 19.3 Å². The molecule has 0 atom stereocenters. The molecule has 2 aliphatic rings. The first-order chi connectivity index (χ1) is 12.1. The third-order valence-electron chi connectivity index (χ3n) is 5.35. The van der Waals surface area contributed by atoms with E-state index in [2.05, 4.69) is 12.6 Å². The number of nitrogens with zero attached hydrogens (tertiary/aromatic N) is 1. The molecule has 0 unspecified atom stereocenters. The van der Waals surface area contributed by atoms with E-state index in [1.807, 2.05) is 58.0 Å². The monoisotopic (exact) mass is 395 g/mol. The maximum atomic E-state index is 12.2. The lowest BCUT2D eigenvalue weighted by Crippen LogP contribution is -2.41. The third-order valence-corrected chi connectivity index (χ3v) is 7.58. The van der Waals surface area contributed by atoms with E-state index >= 15 is 0 Å². The number of benzene rings is 1. The summed E-state index contributed by atoms with van der Waals surface area (Å²) in [6.45, 7) is 8.60. The summed E-state index contributed by atoms with van der Waals surface area (Å²) in [5, 5.41) is 0. The minimum absolute atomic E-state index is 0.211. The van der Waals surface area contributed by atoms with E-state index in [9.17, 15) is 8.42 Å². The summed E-state index contributed by atoms with van der Waals surface area (Å²) in [6.07, 6.45) is 2.64. The third kappa shape index (κ3) is 3.70. The van der Waals surface area contributed by atoms with E-state index < -0.39 is 28.3 Å². The van der Waals surface area contributed by atoms with Gasteiger partial charge in [0, 0.05) is 12.3 Å². The molecule has 0 spiro atoms. The number of anilines is 1. The van der Waals surface area contributed by atoms with E-state index in [0.717, 1.165) is 11.0 Å². The lowest BCUT2D eigenvalue weighted by atomic mass is 9.78. The fourth-order valence-corrected chi connectivity index (χ4v) is 4.89. The molecule has 0 saturated carbocycles. The van der Waals surface area contributed by atoms with Crippen LogP contribution in [0.25, 0.3) is 6.08 Å². The molecule has 26 heavy (non-hydrogen) atoms. The summed E-state index contributed by atoms with van der Waals surface area (Å²) >= 11 is 4.44. The van der Waals surface area contributed by atoms with Crippen molar-refractivity contribution in [1.82, 2.24) is 0 Å². The Labute approximate surface area is 162 Å². The van der Waals surface area contributed by atoms with Crippen LogP contribution in [0.1, 0.15) is 39.7 Å². The predicted octanol–water partition coefficient (Wildman–Crippen LogP) is 3.17. The molecule has 5 nitrogen and oxygen atoms in total. The highest BCUT2D eigenvalue weighted by molar-refractivity contribution is 7.93. The summed E-state index contributed by atoms with van der Waals surface area (Å²) in [5.41, 5.74) is 1.69. The molecule has 0 radical (unpaired) electrons. The Morgan fingerprint density at radius 1 is 1.27 bits per heavy atom. The van der Waals surface area contributed by atoms with Crippen LogP contribution in [0.3, 0.4) is 0 Å². The van der Waals surface area contributed by atoms with Gasteiger partial charge in [-0.15, -0.1) is 0 Å². The average Bonchev–Trinajstić information content (AvgIpc) is 3.00. The van der Waals surface area contributed by atoms with Crippen molar-refractivity contribution in [2.24, 2.45) is 0 Å². The Balaban J connectivity index is 1.88. The van der Waals surface area contributed by atoms with Crippen LogP contribution in [0.4, 0.5) is 5.69 Å². The Morgan fingerprint density at radius 2 is 1.92 bits per heavy atom. The van der Waals surface area contributed by atoms with E-state index in [1.165, 1.54) is 4.31 Å². The number of rotatable bonds is 4. The molecule has 0 bridgehead atoms. The first-order valence-corrected chi connectivity index (χ1v) is 11.1. The molecule has 2 heterocycles. The van der Waals surface area contributed by atoms with Gasteiger partial charge in [0.15, 0.2) is 0 Å². The number of hydrogen-bond donors (Lipinski definition) is 1. The first kappa shape index (κ1) is 19.8. The van der Waals surface area contributed by atoms with E-state index in [4.69, 9.17) is 9.31 Å². The van der Waals surface area contributed by atoms with Gasteiger partial charge in [-0.1, -0.05) is 18.2 Å². The quantitative estimate of drug-likeness (QED) is 0.629. The molecule has 2 saturated heterocycles. The Kier molecular flexibility index (Phi) is 5.25. The van der Waals surface area contributed by atoms with Crippen molar-refractivity contribution >= 4 is 41.5 Å². The van der Waals surface area contributed by atoms with Gasteiger partial charge in [-0.3, -0.25) is 4.31 Å². The Hall–Kier alpha value is -0.955. The lowest BCUT2D eigenvalue weighted by Gasteiger charge is -2.32. The van der Waals surface area contributed by atoms with Crippen molar-refractivity contribution in [2.75, 3.05) is 22.4 Å². The highest BCUT2D eigenvalue weighted by atomic mass is 32.2. The van der Waals surface area contributed by atoms with Crippen molar-refractivity contribution in [3.8, 4) is 0 Å². The van der Waals surface area contributed by atoms with E-state index in [-0.39, 0.29) is 5.75 Å². The molecule has 142 valence electrons. The highest BCUT2D eigenvalue weighted by Gasteiger charge is 2.52. The van der Waals surface area contributed by atoms with Crippen LogP contribution >= 0.6 is 12.6 Å². The van der Waals surface area contributed by atoms with Gasteiger partial charge in [0.25, 0.3) is 0 Å². The Morgan fingerprint density at radius 3 is 2.46 bits per heavy atom. The molecule has 0 amide bonds. The molecular formula is C18H26BNO4S2. The van der Waals surface area contributed by atoms with Gasteiger partial charge < -0.3 is 9.31 Å². The van der Waals surface area contributed by atoms with Crippen molar-refractivity contribution in [3.05, 3.63) is 35.3 Å². The maximum Gasteiger partial charge on any atom is 0.491 e. The fourth-order valence-electron chi connectivity index (χ4n) is 3.10. The zero-order chi connectivity index (χ0) is 19.2. The second kappa shape index (κ2) is 6.89. The predicted molar refractivity (Wildman–Crippen MR) is 110 cm³/mol. The standard InChI is InChI=1S/C18H26BNO4S2/c1-17(2)18(3,4)24-19(23-17)15(13-25)11-14-7-5-8-16(12-14)20-9-6-10-26(20,21)22/h5,7-8,11-12,25H,6,9-10,13H2,1-4H3. The lowest BCUT2D eigenvalue weighted by molar-refractivity contribution is 0.00578. The van der Waals surface area contributed by atoms with Gasteiger partial charge in [-0.05, 0) is 57.3 Å². The van der Waals surface area contributed by atoms with Crippen LogP contribution < -0.4 is 4.31 Å². The summed E-state index contributed by atoms with van der Waals surface area (Å²) in [7, 11) is -3.65. The minimum Gasteiger partial charge on any atom is -0.400 e. The summed E-state index contributed by atoms with van der Waals surface area (Å²) in [5.74, 6) is 0.700. The molecule has 0 aromatic heterocycles. The average molecular weight is 395 g/mol. The van der Waals surface area contributed by atoms with Gasteiger partial charge in [-0.25, -0.2) is 8.42 Å². The zero-order valence-corrected chi connectivity index (χ0v) is 17.4. The second-order valence-electron chi connectivity index (χ2n) is 7.80. The van der Waals surface area contributed by atoms with Crippen molar-refractivity contribution in [3.63, 3.8) is 0 Å². The highest BCUT2D eigenvalue weighted by Crippen LogP contribution is 2.39. The maximum absolute atomic E-state index is 12.2. The molecule has 1 aromatic rings. The molecule has 2 aliphatic heterocycles. The molecule has 8 heteroatoms. The van der Waals surface area contributed by atoms with Gasteiger partial charge in [-0.2, -0.15) is 12.6 Å². The minimum atomic E-state index is -3.19.